The molecule has 1 heterocycles. The Morgan fingerprint density at radius 3 is 2.30 bits per heavy atom. The number of amides is 2. The number of hydrogen-bond donors (Lipinski definition) is 2. The summed E-state index contributed by atoms with van der Waals surface area (Å²) in [5.74, 6) is -3.07. The Hall–Kier alpha value is -2.64. The van der Waals surface area contributed by atoms with Crippen LogP contribution in [0.2, 0.25) is 0 Å². The lowest BCUT2D eigenvalue weighted by Crippen LogP contribution is -2.55. The average Bonchev–Trinajstić information content (AvgIpc) is 2.64. The maximum Gasteiger partial charge on any atom is 0.408 e. The van der Waals surface area contributed by atoms with Gasteiger partial charge in [0.25, 0.3) is 0 Å². The molecule has 1 aromatic rings. The third kappa shape index (κ3) is 6.18. The molecule has 0 aromatic heterocycles. The van der Waals surface area contributed by atoms with Crippen LogP contribution >= 0.6 is 0 Å². The van der Waals surface area contributed by atoms with E-state index in [1.54, 1.807) is 46.8 Å². The van der Waals surface area contributed by atoms with E-state index in [2.05, 4.69) is 5.32 Å². The second-order valence-corrected chi connectivity index (χ2v) is 9.04. The van der Waals surface area contributed by atoms with Gasteiger partial charge in [-0.3, -0.25) is 9.59 Å². The molecule has 0 radical (unpaired) electrons. The molecule has 0 saturated carbocycles. The Morgan fingerprint density at radius 1 is 1.20 bits per heavy atom. The molecule has 0 aliphatic carbocycles. The molecule has 166 valence electrons. The van der Waals surface area contributed by atoms with Gasteiger partial charge in [0.05, 0.1) is 5.92 Å². The molecule has 1 aromatic carbocycles. The van der Waals surface area contributed by atoms with Crippen LogP contribution in [-0.4, -0.2) is 52.7 Å². The van der Waals surface area contributed by atoms with Gasteiger partial charge in [-0.05, 0) is 50.8 Å². The number of carbonyl (C=O) groups excluding carboxylic acids is 2. The van der Waals surface area contributed by atoms with Crippen LogP contribution < -0.4 is 5.32 Å². The van der Waals surface area contributed by atoms with Crippen molar-refractivity contribution in [3.8, 4) is 0 Å². The number of piperidine rings is 1. The smallest absolute Gasteiger partial charge is 0.408 e. The van der Waals surface area contributed by atoms with Crippen LogP contribution in [0, 0.1) is 17.7 Å². The molecule has 1 aliphatic heterocycles. The zero-order chi connectivity index (χ0) is 22.6. The van der Waals surface area contributed by atoms with Crippen LogP contribution in [0.1, 0.15) is 52.5 Å². The Balaban J connectivity index is 2.14. The van der Waals surface area contributed by atoms with Crippen molar-refractivity contribution in [3.63, 3.8) is 0 Å². The number of benzene rings is 1. The largest absolute Gasteiger partial charge is 0.481 e. The van der Waals surface area contributed by atoms with E-state index in [9.17, 15) is 23.9 Å². The fraction of sp³-hybridized carbons (Fsp3) is 0.591. The van der Waals surface area contributed by atoms with E-state index in [4.69, 9.17) is 4.74 Å². The first-order valence-corrected chi connectivity index (χ1v) is 10.2. The van der Waals surface area contributed by atoms with E-state index in [0.29, 0.717) is 13.0 Å². The van der Waals surface area contributed by atoms with Crippen molar-refractivity contribution in [2.24, 2.45) is 11.8 Å². The average molecular weight is 422 g/mol. The van der Waals surface area contributed by atoms with Crippen molar-refractivity contribution >= 4 is 18.0 Å². The summed E-state index contributed by atoms with van der Waals surface area (Å²) in [6.07, 6.45) is -0.253. The first-order valence-electron chi connectivity index (χ1n) is 10.2. The highest BCUT2D eigenvalue weighted by molar-refractivity contribution is 5.86. The number of nitrogens with zero attached hydrogens (tertiary/aromatic N) is 1. The molecular formula is C22H31FN2O5. The first-order chi connectivity index (χ1) is 13.9. The lowest BCUT2D eigenvalue weighted by molar-refractivity contribution is -0.147. The normalized spacial score (nSPS) is 20.6. The second-order valence-electron chi connectivity index (χ2n) is 9.04. The number of carbonyl (C=O) groups is 3. The lowest BCUT2D eigenvalue weighted by Gasteiger charge is -2.39. The quantitative estimate of drug-likeness (QED) is 0.758. The molecular weight excluding hydrogens is 391 g/mol. The SMILES string of the molecule is CC(C)[C@H](NC(=O)OC(C)(C)C)C(=O)N1CC[C@@H](c2ccc(F)cc2)[C@H](C(=O)O)C1. The minimum absolute atomic E-state index is 0.0232. The maximum absolute atomic E-state index is 13.2. The van der Waals surface area contributed by atoms with Gasteiger partial charge in [0.15, 0.2) is 0 Å². The fourth-order valence-corrected chi connectivity index (χ4v) is 3.66. The molecule has 30 heavy (non-hydrogen) atoms. The van der Waals surface area contributed by atoms with Crippen LogP contribution in [0.5, 0.6) is 0 Å². The van der Waals surface area contributed by atoms with E-state index in [-0.39, 0.29) is 30.1 Å². The first kappa shape index (κ1) is 23.6. The molecule has 7 nitrogen and oxygen atoms in total. The van der Waals surface area contributed by atoms with Crippen molar-refractivity contribution in [1.82, 2.24) is 10.2 Å². The molecule has 2 N–H and O–H groups in total. The molecule has 1 fully saturated rings. The number of halogens is 1. The minimum atomic E-state index is -1.01. The highest BCUT2D eigenvalue weighted by atomic mass is 19.1. The van der Waals surface area contributed by atoms with Crippen LogP contribution in [0.4, 0.5) is 9.18 Å². The van der Waals surface area contributed by atoms with E-state index in [1.807, 2.05) is 0 Å². The number of hydrogen-bond acceptors (Lipinski definition) is 4. The van der Waals surface area contributed by atoms with Crippen molar-refractivity contribution < 1.29 is 28.6 Å². The number of likely N-dealkylation sites (tertiary alicyclic amines) is 1. The Kier molecular flexibility index (Phi) is 7.44. The second kappa shape index (κ2) is 9.45. The number of carboxylic acid groups (broad SMARTS) is 1. The maximum atomic E-state index is 13.2. The minimum Gasteiger partial charge on any atom is -0.481 e. The molecule has 2 amide bonds. The summed E-state index contributed by atoms with van der Waals surface area (Å²) < 4.78 is 18.5. The Labute approximate surface area is 176 Å². The zero-order valence-corrected chi connectivity index (χ0v) is 18.1. The summed E-state index contributed by atoms with van der Waals surface area (Å²) in [4.78, 5) is 38.7. The summed E-state index contributed by atoms with van der Waals surface area (Å²) in [6.45, 7) is 9.18. The highest BCUT2D eigenvalue weighted by Crippen LogP contribution is 2.34. The third-order valence-corrected chi connectivity index (χ3v) is 5.14. The number of ether oxygens (including phenoxy) is 1. The standard InChI is InChI=1S/C22H31FN2O5/c1-13(2)18(24-21(29)30-22(3,4)5)19(26)25-11-10-16(17(12-25)20(27)28)14-6-8-15(23)9-7-14/h6-9,13,16-18H,10-12H2,1-5H3,(H,24,29)(H,27,28)/t16-,17+,18-/m0/s1. The van der Waals surface area contributed by atoms with Gasteiger partial charge in [-0.15, -0.1) is 0 Å². The summed E-state index contributed by atoms with van der Waals surface area (Å²) in [6, 6.07) is 4.98. The predicted molar refractivity (Wildman–Crippen MR) is 109 cm³/mol. The van der Waals surface area contributed by atoms with E-state index < -0.39 is 29.6 Å². The molecule has 1 aliphatic rings. The molecule has 0 spiro atoms. The Morgan fingerprint density at radius 2 is 1.80 bits per heavy atom. The van der Waals surface area contributed by atoms with Gasteiger partial charge in [0.2, 0.25) is 5.91 Å². The van der Waals surface area contributed by atoms with Crippen molar-refractivity contribution in [1.29, 1.82) is 0 Å². The van der Waals surface area contributed by atoms with E-state index in [0.717, 1.165) is 5.56 Å². The van der Waals surface area contributed by atoms with Crippen LogP contribution in [0.3, 0.4) is 0 Å². The van der Waals surface area contributed by atoms with Crippen molar-refractivity contribution in [3.05, 3.63) is 35.6 Å². The summed E-state index contributed by atoms with van der Waals surface area (Å²) in [5.41, 5.74) is 0.0412. The highest BCUT2D eigenvalue weighted by Gasteiger charge is 2.39. The number of rotatable bonds is 5. The summed E-state index contributed by atoms with van der Waals surface area (Å²) >= 11 is 0. The topological polar surface area (TPSA) is 95.9 Å². The Bertz CT molecular complexity index is 773. The monoisotopic (exact) mass is 422 g/mol. The molecule has 0 bridgehead atoms. The molecule has 8 heteroatoms. The number of nitrogens with one attached hydrogen (secondary N) is 1. The van der Waals surface area contributed by atoms with E-state index in [1.165, 1.54) is 17.0 Å². The van der Waals surface area contributed by atoms with Crippen molar-refractivity contribution in [2.75, 3.05) is 13.1 Å². The van der Waals surface area contributed by atoms with Gasteiger partial charge >= 0.3 is 12.1 Å². The van der Waals surface area contributed by atoms with Gasteiger partial charge in [-0.2, -0.15) is 0 Å². The van der Waals surface area contributed by atoms with Gasteiger partial charge in [0.1, 0.15) is 17.5 Å². The number of aliphatic carboxylic acids is 1. The van der Waals surface area contributed by atoms with Crippen LogP contribution in [0.25, 0.3) is 0 Å². The zero-order valence-electron chi connectivity index (χ0n) is 18.1. The molecule has 0 unspecified atom stereocenters. The molecule has 1 saturated heterocycles. The van der Waals surface area contributed by atoms with Gasteiger partial charge in [-0.25, -0.2) is 9.18 Å². The molecule has 2 rings (SSSR count). The molecule has 3 atom stereocenters. The van der Waals surface area contributed by atoms with Crippen LogP contribution in [0.15, 0.2) is 24.3 Å². The lowest BCUT2D eigenvalue weighted by atomic mass is 9.80. The van der Waals surface area contributed by atoms with Gasteiger partial charge < -0.3 is 20.1 Å². The van der Waals surface area contributed by atoms with Crippen LogP contribution in [-0.2, 0) is 14.3 Å². The third-order valence-electron chi connectivity index (χ3n) is 5.14. The van der Waals surface area contributed by atoms with Gasteiger partial charge in [0, 0.05) is 19.0 Å². The summed E-state index contributed by atoms with van der Waals surface area (Å²) in [5, 5.41) is 12.4. The van der Waals surface area contributed by atoms with Crippen molar-refractivity contribution in [2.45, 2.75) is 58.6 Å². The van der Waals surface area contributed by atoms with Gasteiger partial charge in [-0.1, -0.05) is 26.0 Å². The van der Waals surface area contributed by atoms with E-state index >= 15 is 0 Å². The predicted octanol–water partition coefficient (Wildman–Crippen LogP) is 3.39. The summed E-state index contributed by atoms with van der Waals surface area (Å²) in [7, 11) is 0. The number of carboxylic acids is 1. The number of alkyl carbamates (subject to hydrolysis) is 1. The fourth-order valence-electron chi connectivity index (χ4n) is 3.66.